The van der Waals surface area contributed by atoms with E-state index >= 15 is 0 Å². The van der Waals surface area contributed by atoms with E-state index in [-0.39, 0.29) is 12.0 Å². The number of ether oxygens (including phenoxy) is 1. The first kappa shape index (κ1) is 11.9. The summed E-state index contributed by atoms with van der Waals surface area (Å²) in [6.07, 6.45) is 2.09. The minimum atomic E-state index is -0.301. The van der Waals surface area contributed by atoms with Crippen molar-refractivity contribution in [1.29, 1.82) is 0 Å². The van der Waals surface area contributed by atoms with Crippen LogP contribution in [0.4, 0.5) is 11.5 Å². The van der Waals surface area contributed by atoms with Gasteiger partial charge in [0.15, 0.2) is 5.82 Å². The van der Waals surface area contributed by atoms with E-state index in [0.717, 1.165) is 19.5 Å². The molecule has 0 amide bonds. The minimum Gasteiger partial charge on any atom is -0.479 e. The van der Waals surface area contributed by atoms with Crippen molar-refractivity contribution in [3.05, 3.63) is 6.33 Å². The lowest BCUT2D eigenvalue weighted by Crippen LogP contribution is -2.25. The number of nitrogens with two attached hydrogens (primary N) is 1. The Morgan fingerprint density at radius 3 is 2.94 bits per heavy atom. The summed E-state index contributed by atoms with van der Waals surface area (Å²) in [6, 6.07) is 0. The van der Waals surface area contributed by atoms with E-state index in [2.05, 4.69) is 14.9 Å². The van der Waals surface area contributed by atoms with Gasteiger partial charge in [-0.25, -0.2) is 4.98 Å². The second kappa shape index (κ2) is 4.75. The highest BCUT2D eigenvalue weighted by Gasteiger charge is 2.28. The molecule has 1 fully saturated rings. The minimum absolute atomic E-state index is 0.273. The maximum Gasteiger partial charge on any atom is 0.242 e. The lowest BCUT2D eigenvalue weighted by atomic mass is 10.0. The quantitative estimate of drug-likeness (QED) is 0.786. The standard InChI is InChI=1S/C11H18N4O2/c1-7(16)8-3-4-15(5-8)10-9(12)11(17-2)14-6-13-10/h6-8,16H,3-5,12H2,1-2H3. The van der Waals surface area contributed by atoms with Crippen LogP contribution in [0, 0.1) is 5.92 Å². The lowest BCUT2D eigenvalue weighted by Gasteiger charge is -2.20. The van der Waals surface area contributed by atoms with E-state index < -0.39 is 0 Å². The Hall–Kier alpha value is -1.56. The molecular weight excluding hydrogens is 220 g/mol. The van der Waals surface area contributed by atoms with Crippen LogP contribution >= 0.6 is 0 Å². The summed E-state index contributed by atoms with van der Waals surface area (Å²) in [5, 5.41) is 9.57. The van der Waals surface area contributed by atoms with Crippen LogP contribution in [0.15, 0.2) is 6.33 Å². The molecule has 2 heterocycles. The molecule has 3 N–H and O–H groups in total. The first-order chi connectivity index (χ1) is 8.13. The second-order valence-corrected chi connectivity index (χ2v) is 4.36. The average molecular weight is 238 g/mol. The van der Waals surface area contributed by atoms with Crippen LogP contribution in [0.2, 0.25) is 0 Å². The highest BCUT2D eigenvalue weighted by Crippen LogP contribution is 2.31. The molecule has 2 rings (SSSR count). The van der Waals surface area contributed by atoms with Crippen LogP contribution in [0.5, 0.6) is 5.88 Å². The Morgan fingerprint density at radius 2 is 2.35 bits per heavy atom. The molecule has 0 radical (unpaired) electrons. The Balaban J connectivity index is 2.19. The normalized spacial score (nSPS) is 21.6. The first-order valence-corrected chi connectivity index (χ1v) is 5.71. The van der Waals surface area contributed by atoms with Crippen LogP contribution in [0.1, 0.15) is 13.3 Å². The van der Waals surface area contributed by atoms with Crippen LogP contribution < -0.4 is 15.4 Å². The molecule has 94 valence electrons. The largest absolute Gasteiger partial charge is 0.479 e. The maximum absolute atomic E-state index is 9.57. The predicted molar refractivity (Wildman–Crippen MR) is 65.0 cm³/mol. The number of hydrogen-bond acceptors (Lipinski definition) is 6. The van der Waals surface area contributed by atoms with Crippen molar-refractivity contribution in [3.63, 3.8) is 0 Å². The molecule has 6 nitrogen and oxygen atoms in total. The monoisotopic (exact) mass is 238 g/mol. The molecule has 6 heteroatoms. The van der Waals surface area contributed by atoms with Gasteiger partial charge < -0.3 is 20.5 Å². The van der Waals surface area contributed by atoms with Gasteiger partial charge in [-0.1, -0.05) is 0 Å². The Kier molecular flexibility index (Phi) is 3.33. The summed E-state index contributed by atoms with van der Waals surface area (Å²) >= 11 is 0. The number of aliphatic hydroxyl groups is 1. The molecule has 1 aliphatic heterocycles. The van der Waals surface area contributed by atoms with Crippen LogP contribution in [-0.2, 0) is 0 Å². The molecule has 1 aromatic heterocycles. The summed E-state index contributed by atoms with van der Waals surface area (Å²) in [7, 11) is 1.53. The third-order valence-corrected chi connectivity index (χ3v) is 3.23. The van der Waals surface area contributed by atoms with Crippen molar-refractivity contribution in [1.82, 2.24) is 9.97 Å². The van der Waals surface area contributed by atoms with Gasteiger partial charge in [-0.2, -0.15) is 4.98 Å². The van der Waals surface area contributed by atoms with E-state index in [1.165, 1.54) is 13.4 Å². The van der Waals surface area contributed by atoms with E-state index in [1.54, 1.807) is 0 Å². The first-order valence-electron chi connectivity index (χ1n) is 5.71. The van der Waals surface area contributed by atoms with E-state index in [1.807, 2.05) is 6.92 Å². The number of aromatic nitrogens is 2. The van der Waals surface area contributed by atoms with Gasteiger partial charge in [-0.15, -0.1) is 0 Å². The van der Waals surface area contributed by atoms with Crippen molar-refractivity contribution < 1.29 is 9.84 Å². The number of aliphatic hydroxyl groups excluding tert-OH is 1. The molecule has 17 heavy (non-hydrogen) atoms. The van der Waals surface area contributed by atoms with Gasteiger partial charge in [0.05, 0.1) is 13.2 Å². The zero-order valence-electron chi connectivity index (χ0n) is 10.1. The molecular formula is C11H18N4O2. The molecule has 0 spiro atoms. The summed E-state index contributed by atoms with van der Waals surface area (Å²) in [6.45, 7) is 3.43. The summed E-state index contributed by atoms with van der Waals surface area (Å²) < 4.78 is 5.07. The average Bonchev–Trinajstić information content (AvgIpc) is 2.78. The fourth-order valence-electron chi connectivity index (χ4n) is 2.16. The Morgan fingerprint density at radius 1 is 1.59 bits per heavy atom. The zero-order valence-corrected chi connectivity index (χ0v) is 10.1. The molecule has 2 unspecified atom stereocenters. The topological polar surface area (TPSA) is 84.5 Å². The molecule has 1 aromatic rings. The van der Waals surface area contributed by atoms with Gasteiger partial charge in [0, 0.05) is 19.0 Å². The van der Waals surface area contributed by atoms with Crippen molar-refractivity contribution in [2.24, 2.45) is 5.92 Å². The van der Waals surface area contributed by atoms with Crippen molar-refractivity contribution in [2.45, 2.75) is 19.4 Å². The Labute approximate surface area is 100 Å². The SMILES string of the molecule is COc1ncnc(N2CCC(C(C)O)C2)c1N. The Bertz CT molecular complexity index is 397. The fraction of sp³-hybridized carbons (Fsp3) is 0.636. The predicted octanol–water partition coefficient (Wildman–Crippen LogP) is 0.274. The molecule has 0 aromatic carbocycles. The van der Waals surface area contributed by atoms with E-state index in [0.29, 0.717) is 17.4 Å². The summed E-state index contributed by atoms with van der Waals surface area (Å²) in [5.41, 5.74) is 6.40. The van der Waals surface area contributed by atoms with Crippen LogP contribution in [-0.4, -0.2) is 41.4 Å². The van der Waals surface area contributed by atoms with Crippen molar-refractivity contribution >= 4 is 11.5 Å². The number of nitrogens with zero attached hydrogens (tertiary/aromatic N) is 3. The molecule has 2 atom stereocenters. The van der Waals surface area contributed by atoms with Gasteiger partial charge in [0.25, 0.3) is 0 Å². The molecule has 1 aliphatic rings. The maximum atomic E-state index is 9.57. The number of rotatable bonds is 3. The summed E-state index contributed by atoms with van der Waals surface area (Å²) in [4.78, 5) is 10.2. The highest BCUT2D eigenvalue weighted by atomic mass is 16.5. The van der Waals surface area contributed by atoms with Gasteiger partial charge in [0.2, 0.25) is 5.88 Å². The molecule has 1 saturated heterocycles. The third-order valence-electron chi connectivity index (χ3n) is 3.23. The van der Waals surface area contributed by atoms with Gasteiger partial charge in [-0.05, 0) is 13.3 Å². The van der Waals surface area contributed by atoms with Gasteiger partial charge in [0.1, 0.15) is 12.0 Å². The number of hydrogen-bond donors (Lipinski definition) is 2. The molecule has 0 aliphatic carbocycles. The number of nitrogen functional groups attached to an aromatic ring is 1. The van der Waals surface area contributed by atoms with Crippen molar-refractivity contribution in [2.75, 3.05) is 30.8 Å². The van der Waals surface area contributed by atoms with E-state index in [4.69, 9.17) is 10.5 Å². The fourth-order valence-corrected chi connectivity index (χ4v) is 2.16. The number of anilines is 2. The molecule has 0 saturated carbocycles. The van der Waals surface area contributed by atoms with Crippen molar-refractivity contribution in [3.8, 4) is 5.88 Å². The smallest absolute Gasteiger partial charge is 0.242 e. The lowest BCUT2D eigenvalue weighted by molar-refractivity contribution is 0.136. The second-order valence-electron chi connectivity index (χ2n) is 4.36. The number of methoxy groups -OCH3 is 1. The van der Waals surface area contributed by atoms with Gasteiger partial charge >= 0.3 is 0 Å². The molecule has 0 bridgehead atoms. The zero-order chi connectivity index (χ0) is 12.4. The summed E-state index contributed by atoms with van der Waals surface area (Å²) in [5.74, 6) is 1.37. The van der Waals surface area contributed by atoms with E-state index in [9.17, 15) is 5.11 Å². The highest BCUT2D eigenvalue weighted by molar-refractivity contribution is 5.68. The van der Waals surface area contributed by atoms with Crippen LogP contribution in [0.3, 0.4) is 0 Å². The van der Waals surface area contributed by atoms with Crippen LogP contribution in [0.25, 0.3) is 0 Å². The van der Waals surface area contributed by atoms with Gasteiger partial charge in [-0.3, -0.25) is 0 Å². The third kappa shape index (κ3) is 2.26.